The Balaban J connectivity index is 2.26. The van der Waals surface area contributed by atoms with Gasteiger partial charge in [0.05, 0.1) is 5.56 Å². The van der Waals surface area contributed by atoms with Gasteiger partial charge >= 0.3 is 0 Å². The van der Waals surface area contributed by atoms with Crippen molar-refractivity contribution in [1.29, 1.82) is 0 Å². The molecular formula is C15H22N2O3. The molecule has 0 bridgehead atoms. The van der Waals surface area contributed by atoms with Gasteiger partial charge in [-0.05, 0) is 31.0 Å². The lowest BCUT2D eigenvalue weighted by molar-refractivity contribution is 0.0572. The normalized spacial score (nSPS) is 22.8. The number of carbonyl (C=O) groups excluding carboxylic acids is 1. The third kappa shape index (κ3) is 2.88. The minimum atomic E-state index is -0.217. The third-order valence-corrected chi connectivity index (χ3v) is 3.94. The van der Waals surface area contributed by atoms with E-state index in [2.05, 4.69) is 12.2 Å². The zero-order chi connectivity index (χ0) is 14.7. The molecule has 5 nitrogen and oxygen atoms in total. The van der Waals surface area contributed by atoms with Gasteiger partial charge in [-0.15, -0.1) is 0 Å². The summed E-state index contributed by atoms with van der Waals surface area (Å²) in [5.74, 6) is -0.319. The highest BCUT2D eigenvalue weighted by molar-refractivity contribution is 5.97. The van der Waals surface area contributed by atoms with Crippen LogP contribution in [0.15, 0.2) is 18.2 Å². The van der Waals surface area contributed by atoms with Gasteiger partial charge in [0.15, 0.2) is 0 Å². The third-order valence-electron chi connectivity index (χ3n) is 3.94. The number of hydrogen-bond donors (Lipinski definition) is 3. The summed E-state index contributed by atoms with van der Waals surface area (Å²) in [5.41, 5.74) is 0.167. The standard InChI is InChI=1S/C15H22N2O3/c1-3-10-9-17(11(4-2)8-16-10)15(20)13-7-12(18)5-6-14(13)19/h5-7,10-11,16,18-19H,3-4,8-9H2,1-2H3. The molecule has 0 radical (unpaired) electrons. The average Bonchev–Trinajstić information content (AvgIpc) is 2.48. The Morgan fingerprint density at radius 2 is 2.10 bits per heavy atom. The maximum Gasteiger partial charge on any atom is 0.258 e. The number of amides is 1. The van der Waals surface area contributed by atoms with E-state index in [1.54, 1.807) is 4.90 Å². The highest BCUT2D eigenvalue weighted by Crippen LogP contribution is 2.25. The summed E-state index contributed by atoms with van der Waals surface area (Å²) in [5, 5.41) is 22.8. The molecule has 3 N–H and O–H groups in total. The van der Waals surface area contributed by atoms with Gasteiger partial charge in [-0.25, -0.2) is 0 Å². The molecule has 1 saturated heterocycles. The molecule has 2 rings (SSSR count). The molecule has 20 heavy (non-hydrogen) atoms. The molecule has 0 aromatic heterocycles. The van der Waals surface area contributed by atoms with E-state index in [1.807, 2.05) is 6.92 Å². The largest absolute Gasteiger partial charge is 0.508 e. The van der Waals surface area contributed by atoms with Crippen LogP contribution in [0.4, 0.5) is 0 Å². The van der Waals surface area contributed by atoms with Gasteiger partial charge in [-0.1, -0.05) is 13.8 Å². The van der Waals surface area contributed by atoms with E-state index in [1.165, 1.54) is 18.2 Å². The fourth-order valence-electron chi connectivity index (χ4n) is 2.60. The van der Waals surface area contributed by atoms with E-state index >= 15 is 0 Å². The zero-order valence-corrected chi connectivity index (χ0v) is 12.0. The summed E-state index contributed by atoms with van der Waals surface area (Å²) in [6, 6.07) is 4.44. The van der Waals surface area contributed by atoms with Crippen molar-refractivity contribution >= 4 is 5.91 Å². The molecule has 2 atom stereocenters. The minimum Gasteiger partial charge on any atom is -0.508 e. The second-order valence-corrected chi connectivity index (χ2v) is 5.23. The van der Waals surface area contributed by atoms with Crippen LogP contribution >= 0.6 is 0 Å². The second-order valence-electron chi connectivity index (χ2n) is 5.23. The van der Waals surface area contributed by atoms with Gasteiger partial charge in [-0.3, -0.25) is 4.79 Å². The van der Waals surface area contributed by atoms with Crippen LogP contribution in [0.1, 0.15) is 37.0 Å². The van der Waals surface area contributed by atoms with Crippen molar-refractivity contribution in [2.45, 2.75) is 38.8 Å². The number of hydrogen-bond acceptors (Lipinski definition) is 4. The monoisotopic (exact) mass is 278 g/mol. The summed E-state index contributed by atoms with van der Waals surface area (Å²) < 4.78 is 0. The van der Waals surface area contributed by atoms with Crippen LogP contribution in [0.25, 0.3) is 0 Å². The van der Waals surface area contributed by atoms with Crippen molar-refractivity contribution in [3.63, 3.8) is 0 Å². The fraction of sp³-hybridized carbons (Fsp3) is 0.533. The molecule has 1 aromatic carbocycles. The lowest BCUT2D eigenvalue weighted by Gasteiger charge is -2.40. The number of nitrogens with one attached hydrogen (secondary N) is 1. The highest BCUT2D eigenvalue weighted by Gasteiger charge is 2.31. The molecule has 1 aliphatic heterocycles. The number of phenolic OH excluding ortho intramolecular Hbond substituents is 2. The van der Waals surface area contributed by atoms with Crippen molar-refractivity contribution in [2.24, 2.45) is 0 Å². The Kier molecular flexibility index (Phi) is 4.49. The SMILES string of the molecule is CCC1CN(C(=O)c2cc(O)ccc2O)C(CC)CN1. The molecular weight excluding hydrogens is 256 g/mol. The van der Waals surface area contributed by atoms with Crippen molar-refractivity contribution in [2.75, 3.05) is 13.1 Å². The fourth-order valence-corrected chi connectivity index (χ4v) is 2.60. The van der Waals surface area contributed by atoms with Crippen LogP contribution < -0.4 is 5.32 Å². The lowest BCUT2D eigenvalue weighted by atomic mass is 10.0. The van der Waals surface area contributed by atoms with Crippen molar-refractivity contribution in [1.82, 2.24) is 10.2 Å². The topological polar surface area (TPSA) is 72.8 Å². The van der Waals surface area contributed by atoms with Crippen molar-refractivity contribution in [3.05, 3.63) is 23.8 Å². The lowest BCUT2D eigenvalue weighted by Crippen LogP contribution is -2.57. The van der Waals surface area contributed by atoms with Gasteiger partial charge in [0.25, 0.3) is 5.91 Å². The Morgan fingerprint density at radius 3 is 2.75 bits per heavy atom. The summed E-state index contributed by atoms with van der Waals surface area (Å²) in [4.78, 5) is 14.4. The van der Waals surface area contributed by atoms with Crippen LogP contribution in [0.3, 0.4) is 0 Å². The first kappa shape index (κ1) is 14.7. The first-order valence-corrected chi connectivity index (χ1v) is 7.13. The summed E-state index contributed by atoms with van der Waals surface area (Å²) >= 11 is 0. The highest BCUT2D eigenvalue weighted by atomic mass is 16.3. The molecule has 0 saturated carbocycles. The molecule has 2 unspecified atom stereocenters. The maximum absolute atomic E-state index is 12.6. The predicted octanol–water partition coefficient (Wildman–Crippen LogP) is 1.70. The summed E-state index contributed by atoms with van der Waals surface area (Å²) in [6.45, 7) is 5.52. The van der Waals surface area contributed by atoms with Gasteiger partial charge < -0.3 is 20.4 Å². The molecule has 5 heteroatoms. The van der Waals surface area contributed by atoms with Gasteiger partial charge in [0.2, 0.25) is 0 Å². The van der Waals surface area contributed by atoms with Crippen molar-refractivity contribution < 1.29 is 15.0 Å². The van der Waals surface area contributed by atoms with Crippen LogP contribution in [0.2, 0.25) is 0 Å². The Morgan fingerprint density at radius 1 is 1.35 bits per heavy atom. The van der Waals surface area contributed by atoms with Gasteiger partial charge in [0.1, 0.15) is 11.5 Å². The maximum atomic E-state index is 12.6. The number of benzene rings is 1. The van der Waals surface area contributed by atoms with E-state index in [9.17, 15) is 15.0 Å². The van der Waals surface area contributed by atoms with E-state index in [0.717, 1.165) is 19.4 Å². The molecule has 1 aromatic rings. The van der Waals surface area contributed by atoms with E-state index in [0.29, 0.717) is 6.54 Å². The zero-order valence-electron chi connectivity index (χ0n) is 12.0. The van der Waals surface area contributed by atoms with E-state index in [-0.39, 0.29) is 35.1 Å². The Hall–Kier alpha value is -1.75. The number of aromatic hydroxyl groups is 2. The smallest absolute Gasteiger partial charge is 0.258 e. The number of carbonyl (C=O) groups is 1. The van der Waals surface area contributed by atoms with Crippen molar-refractivity contribution in [3.8, 4) is 11.5 Å². The van der Waals surface area contributed by atoms with Crippen LogP contribution in [-0.2, 0) is 0 Å². The molecule has 1 aliphatic rings. The predicted molar refractivity (Wildman–Crippen MR) is 77.0 cm³/mol. The molecule has 1 fully saturated rings. The molecule has 1 heterocycles. The first-order valence-electron chi connectivity index (χ1n) is 7.13. The molecule has 110 valence electrons. The quantitative estimate of drug-likeness (QED) is 0.736. The molecule has 0 aliphatic carbocycles. The number of nitrogens with zero attached hydrogens (tertiary/aromatic N) is 1. The number of piperazine rings is 1. The Labute approximate surface area is 119 Å². The Bertz CT molecular complexity index is 490. The van der Waals surface area contributed by atoms with Gasteiger partial charge in [-0.2, -0.15) is 0 Å². The van der Waals surface area contributed by atoms with Gasteiger partial charge in [0, 0.05) is 25.2 Å². The summed E-state index contributed by atoms with van der Waals surface area (Å²) in [6.07, 6.45) is 1.81. The average molecular weight is 278 g/mol. The molecule has 1 amide bonds. The van der Waals surface area contributed by atoms with E-state index < -0.39 is 0 Å². The first-order chi connectivity index (χ1) is 9.56. The van der Waals surface area contributed by atoms with Crippen LogP contribution in [0.5, 0.6) is 11.5 Å². The second kappa shape index (κ2) is 6.13. The van der Waals surface area contributed by atoms with Crippen LogP contribution in [0, 0.1) is 0 Å². The minimum absolute atomic E-state index is 0.0126. The molecule has 0 spiro atoms. The number of phenols is 2. The van der Waals surface area contributed by atoms with Crippen LogP contribution in [-0.4, -0.2) is 46.2 Å². The number of rotatable bonds is 3. The van der Waals surface area contributed by atoms with E-state index in [4.69, 9.17) is 0 Å². The summed E-state index contributed by atoms with van der Waals surface area (Å²) in [7, 11) is 0.